The number of benzene rings is 1. The lowest BCUT2D eigenvalue weighted by Gasteiger charge is -2.07. The Balaban J connectivity index is 2.23. The highest BCUT2D eigenvalue weighted by atomic mass is 79.9. The Hall–Kier alpha value is -1.27. The fraction of sp³-hybridized carbons (Fsp3) is 0.385. The smallest absolute Gasteiger partial charge is 0.249 e. The third kappa shape index (κ3) is 3.19. The third-order valence-corrected chi connectivity index (χ3v) is 3.50. The van der Waals surface area contributed by atoms with Gasteiger partial charge in [0.15, 0.2) is 0 Å². The fourth-order valence-electron chi connectivity index (χ4n) is 1.64. The molecule has 1 heterocycles. The molecule has 1 atom stereocenters. The maximum atomic E-state index is 13.4. The summed E-state index contributed by atoms with van der Waals surface area (Å²) in [6.07, 6.45) is 1.03. The van der Waals surface area contributed by atoms with Crippen molar-refractivity contribution in [2.75, 3.05) is 6.54 Å². The van der Waals surface area contributed by atoms with Crippen LogP contribution in [0.15, 0.2) is 27.1 Å². The van der Waals surface area contributed by atoms with Crippen LogP contribution in [0.25, 0.3) is 11.5 Å². The quantitative estimate of drug-likeness (QED) is 0.909. The molecular formula is C13H15BrFN3O. The Morgan fingerprint density at radius 3 is 2.95 bits per heavy atom. The normalized spacial score (nSPS) is 12.6. The average Bonchev–Trinajstić information content (AvgIpc) is 2.88. The molecule has 19 heavy (non-hydrogen) atoms. The Kier molecular flexibility index (Phi) is 4.66. The highest BCUT2D eigenvalue weighted by Gasteiger charge is 2.17. The van der Waals surface area contributed by atoms with Gasteiger partial charge in [-0.2, -0.15) is 0 Å². The molecule has 1 aromatic carbocycles. The van der Waals surface area contributed by atoms with Crippen molar-refractivity contribution < 1.29 is 8.81 Å². The van der Waals surface area contributed by atoms with E-state index >= 15 is 0 Å². The first-order valence-corrected chi connectivity index (χ1v) is 6.94. The zero-order valence-electron chi connectivity index (χ0n) is 10.8. The third-order valence-electron chi connectivity index (χ3n) is 2.69. The highest BCUT2D eigenvalue weighted by molar-refractivity contribution is 9.10. The molecular weight excluding hydrogens is 313 g/mol. The number of aromatic nitrogens is 2. The Bertz CT molecular complexity index is 559. The summed E-state index contributed by atoms with van der Waals surface area (Å²) >= 11 is 3.19. The van der Waals surface area contributed by atoms with Crippen LogP contribution in [0, 0.1) is 5.82 Å². The molecule has 0 amide bonds. The summed E-state index contributed by atoms with van der Waals surface area (Å²) in [6, 6.07) is 4.69. The summed E-state index contributed by atoms with van der Waals surface area (Å²) in [5.41, 5.74) is 0.557. The second kappa shape index (κ2) is 6.25. The lowest BCUT2D eigenvalue weighted by Crippen LogP contribution is -2.19. The molecule has 0 saturated heterocycles. The van der Waals surface area contributed by atoms with Gasteiger partial charge in [0.2, 0.25) is 11.8 Å². The van der Waals surface area contributed by atoms with E-state index < -0.39 is 0 Å². The first-order chi connectivity index (χ1) is 9.13. The number of hydrogen-bond donors (Lipinski definition) is 1. The van der Waals surface area contributed by atoms with Crippen molar-refractivity contribution in [2.45, 2.75) is 26.3 Å². The van der Waals surface area contributed by atoms with Gasteiger partial charge in [0.05, 0.1) is 16.1 Å². The van der Waals surface area contributed by atoms with Gasteiger partial charge >= 0.3 is 0 Å². The van der Waals surface area contributed by atoms with E-state index in [4.69, 9.17) is 4.42 Å². The molecule has 6 heteroatoms. The molecule has 0 aliphatic rings. The van der Waals surface area contributed by atoms with Crippen molar-refractivity contribution in [2.24, 2.45) is 0 Å². The number of rotatable bonds is 5. The predicted molar refractivity (Wildman–Crippen MR) is 74.1 cm³/mol. The van der Waals surface area contributed by atoms with Crippen LogP contribution in [-0.4, -0.2) is 16.7 Å². The van der Waals surface area contributed by atoms with Crippen LogP contribution in [-0.2, 0) is 0 Å². The minimum Gasteiger partial charge on any atom is -0.419 e. The Morgan fingerprint density at radius 1 is 1.42 bits per heavy atom. The molecule has 2 aromatic rings. The highest BCUT2D eigenvalue weighted by Crippen LogP contribution is 2.30. The summed E-state index contributed by atoms with van der Waals surface area (Å²) in [5, 5.41) is 11.2. The summed E-state index contributed by atoms with van der Waals surface area (Å²) in [6.45, 7) is 4.92. The van der Waals surface area contributed by atoms with Crippen LogP contribution in [0.5, 0.6) is 0 Å². The largest absolute Gasteiger partial charge is 0.419 e. The monoisotopic (exact) mass is 327 g/mol. The van der Waals surface area contributed by atoms with Gasteiger partial charge in [-0.05, 0) is 48.0 Å². The summed E-state index contributed by atoms with van der Waals surface area (Å²) in [4.78, 5) is 0. The minimum atomic E-state index is -0.352. The van der Waals surface area contributed by atoms with E-state index in [1.807, 2.05) is 6.92 Å². The molecule has 0 bridgehead atoms. The lowest BCUT2D eigenvalue weighted by molar-refractivity contribution is 0.423. The summed E-state index contributed by atoms with van der Waals surface area (Å²) in [5.74, 6) is 0.459. The van der Waals surface area contributed by atoms with Crippen molar-refractivity contribution in [3.63, 3.8) is 0 Å². The van der Waals surface area contributed by atoms with E-state index in [1.165, 1.54) is 6.07 Å². The molecule has 1 N–H and O–H groups in total. The van der Waals surface area contributed by atoms with Crippen LogP contribution in [0.4, 0.5) is 4.39 Å². The molecule has 0 radical (unpaired) electrons. The summed E-state index contributed by atoms with van der Waals surface area (Å²) in [7, 11) is 0. The second-order valence-electron chi connectivity index (χ2n) is 4.22. The zero-order chi connectivity index (χ0) is 13.8. The molecule has 0 spiro atoms. The lowest BCUT2D eigenvalue weighted by atomic mass is 10.2. The van der Waals surface area contributed by atoms with E-state index in [0.29, 0.717) is 21.8 Å². The van der Waals surface area contributed by atoms with Gasteiger partial charge in [0.1, 0.15) is 5.82 Å². The standard InChI is InChI=1S/C13H15BrFN3O/c1-3-7-16-8(2)12-17-18-13(19-12)9-5-4-6-10(15)11(9)14/h4-6,8,16H,3,7H2,1-2H3. The van der Waals surface area contributed by atoms with Gasteiger partial charge in [0, 0.05) is 0 Å². The van der Waals surface area contributed by atoms with E-state index in [2.05, 4.69) is 38.4 Å². The molecule has 2 rings (SSSR count). The molecule has 4 nitrogen and oxygen atoms in total. The number of halogens is 2. The van der Waals surface area contributed by atoms with Gasteiger partial charge < -0.3 is 9.73 Å². The van der Waals surface area contributed by atoms with Crippen molar-refractivity contribution in [3.8, 4) is 11.5 Å². The molecule has 0 saturated carbocycles. The molecule has 0 aliphatic heterocycles. The van der Waals surface area contributed by atoms with E-state index in [9.17, 15) is 4.39 Å². The van der Waals surface area contributed by atoms with Gasteiger partial charge in [-0.15, -0.1) is 10.2 Å². The van der Waals surface area contributed by atoms with Crippen LogP contribution in [0.2, 0.25) is 0 Å². The van der Waals surface area contributed by atoms with Crippen LogP contribution in [0.3, 0.4) is 0 Å². The number of nitrogens with zero attached hydrogens (tertiary/aromatic N) is 2. The number of hydrogen-bond acceptors (Lipinski definition) is 4. The predicted octanol–water partition coefficient (Wildman–Crippen LogP) is 3.70. The molecule has 102 valence electrons. The molecule has 0 aliphatic carbocycles. The summed E-state index contributed by atoms with van der Waals surface area (Å²) < 4.78 is 19.4. The maximum Gasteiger partial charge on any atom is 0.249 e. The van der Waals surface area contributed by atoms with Crippen LogP contribution in [0.1, 0.15) is 32.2 Å². The first kappa shape index (κ1) is 14.1. The van der Waals surface area contributed by atoms with Gasteiger partial charge in [-0.1, -0.05) is 13.0 Å². The molecule has 1 unspecified atom stereocenters. The van der Waals surface area contributed by atoms with Crippen molar-refractivity contribution in [1.29, 1.82) is 0 Å². The molecule has 1 aromatic heterocycles. The van der Waals surface area contributed by atoms with E-state index in [-0.39, 0.29) is 11.9 Å². The Morgan fingerprint density at radius 2 is 2.21 bits per heavy atom. The zero-order valence-corrected chi connectivity index (χ0v) is 12.4. The van der Waals surface area contributed by atoms with Crippen molar-refractivity contribution in [3.05, 3.63) is 34.4 Å². The Labute approximate surface area is 119 Å². The topological polar surface area (TPSA) is 51.0 Å². The van der Waals surface area contributed by atoms with Crippen molar-refractivity contribution >= 4 is 15.9 Å². The van der Waals surface area contributed by atoms with Crippen LogP contribution < -0.4 is 5.32 Å². The second-order valence-corrected chi connectivity index (χ2v) is 5.02. The number of nitrogens with one attached hydrogen (secondary N) is 1. The maximum absolute atomic E-state index is 13.4. The fourth-order valence-corrected chi connectivity index (χ4v) is 2.07. The average molecular weight is 328 g/mol. The first-order valence-electron chi connectivity index (χ1n) is 6.14. The minimum absolute atomic E-state index is 0.0199. The van der Waals surface area contributed by atoms with E-state index in [1.54, 1.807) is 12.1 Å². The van der Waals surface area contributed by atoms with Gasteiger partial charge in [0.25, 0.3) is 0 Å². The SMILES string of the molecule is CCCNC(C)c1nnc(-c2cccc(F)c2Br)o1. The van der Waals surface area contributed by atoms with Gasteiger partial charge in [-0.3, -0.25) is 0 Å². The molecule has 0 fully saturated rings. The van der Waals surface area contributed by atoms with E-state index in [0.717, 1.165) is 13.0 Å². The van der Waals surface area contributed by atoms with Crippen LogP contribution >= 0.6 is 15.9 Å². The van der Waals surface area contributed by atoms with Gasteiger partial charge in [-0.25, -0.2) is 4.39 Å². The van der Waals surface area contributed by atoms with Crippen molar-refractivity contribution in [1.82, 2.24) is 15.5 Å².